The molecule has 0 radical (unpaired) electrons. The number of rotatable bonds is 1. The number of nitrogens with one attached hydrogen (secondary N) is 2. The highest BCUT2D eigenvalue weighted by Gasteiger charge is 2.21. The van der Waals surface area contributed by atoms with Crippen molar-refractivity contribution >= 4 is 10.9 Å². The van der Waals surface area contributed by atoms with Gasteiger partial charge in [-0.3, -0.25) is 0 Å². The average Bonchev–Trinajstić information content (AvgIpc) is 2.66. The summed E-state index contributed by atoms with van der Waals surface area (Å²) in [6.07, 6.45) is 0.801. The number of benzene rings is 1. The van der Waals surface area contributed by atoms with Gasteiger partial charge in [0.25, 0.3) is 0 Å². The molecule has 1 unspecified atom stereocenters. The molecule has 2 aromatic rings. The van der Waals surface area contributed by atoms with Gasteiger partial charge in [0.15, 0.2) is 0 Å². The van der Waals surface area contributed by atoms with Crippen molar-refractivity contribution in [3.05, 3.63) is 29.5 Å². The van der Waals surface area contributed by atoms with Crippen molar-refractivity contribution in [3.8, 4) is 5.75 Å². The van der Waals surface area contributed by atoms with Crippen LogP contribution in [0.5, 0.6) is 5.75 Å². The van der Waals surface area contributed by atoms with Crippen molar-refractivity contribution in [2.24, 2.45) is 0 Å². The van der Waals surface area contributed by atoms with Gasteiger partial charge < -0.3 is 20.5 Å². The third-order valence-corrected chi connectivity index (χ3v) is 3.22. The van der Waals surface area contributed by atoms with Crippen molar-refractivity contribution in [2.45, 2.75) is 19.0 Å². The topological polar surface area (TPSA) is 68.3 Å². The fourth-order valence-electron chi connectivity index (χ4n) is 2.37. The highest BCUT2D eigenvalue weighted by Crippen LogP contribution is 2.29. The molecular formula is C12H14N2O2. The zero-order valence-electron chi connectivity index (χ0n) is 8.83. The number of fused-ring (bicyclic) bond motifs is 3. The molecule has 1 aromatic carbocycles. The Morgan fingerprint density at radius 1 is 1.38 bits per heavy atom. The van der Waals surface area contributed by atoms with E-state index < -0.39 is 0 Å². The van der Waals surface area contributed by atoms with Crippen LogP contribution in [0.15, 0.2) is 18.2 Å². The van der Waals surface area contributed by atoms with E-state index in [9.17, 15) is 5.11 Å². The Labute approximate surface area is 92.9 Å². The fourth-order valence-corrected chi connectivity index (χ4v) is 2.37. The summed E-state index contributed by atoms with van der Waals surface area (Å²) in [4.78, 5) is 3.33. The van der Waals surface area contributed by atoms with Crippen LogP contribution in [0.3, 0.4) is 0 Å². The first-order valence-corrected chi connectivity index (χ1v) is 5.44. The number of H-pyrrole nitrogens is 1. The van der Waals surface area contributed by atoms with Crippen molar-refractivity contribution in [2.75, 3.05) is 6.61 Å². The molecule has 1 aliphatic rings. The second-order valence-corrected chi connectivity index (χ2v) is 4.28. The Bertz CT molecular complexity index is 533. The first-order valence-electron chi connectivity index (χ1n) is 5.44. The van der Waals surface area contributed by atoms with Crippen molar-refractivity contribution in [1.82, 2.24) is 10.3 Å². The predicted octanol–water partition coefficient (Wildman–Crippen LogP) is 0.880. The van der Waals surface area contributed by atoms with E-state index in [2.05, 4.69) is 10.3 Å². The zero-order chi connectivity index (χ0) is 11.1. The zero-order valence-corrected chi connectivity index (χ0v) is 8.83. The predicted molar refractivity (Wildman–Crippen MR) is 61.4 cm³/mol. The molecule has 0 saturated heterocycles. The molecule has 3 rings (SSSR count). The lowest BCUT2D eigenvalue weighted by molar-refractivity contribution is 0.235. The van der Waals surface area contributed by atoms with Crippen molar-refractivity contribution < 1.29 is 10.2 Å². The van der Waals surface area contributed by atoms with E-state index in [-0.39, 0.29) is 18.4 Å². The molecule has 1 aliphatic heterocycles. The molecule has 1 aromatic heterocycles. The number of aromatic hydroxyl groups is 1. The van der Waals surface area contributed by atoms with Crippen LogP contribution in [-0.2, 0) is 13.0 Å². The van der Waals surface area contributed by atoms with E-state index >= 15 is 0 Å². The second kappa shape index (κ2) is 3.50. The molecule has 0 aliphatic carbocycles. The minimum Gasteiger partial charge on any atom is -0.508 e. The molecule has 4 nitrogen and oxygen atoms in total. The molecule has 0 spiro atoms. The highest BCUT2D eigenvalue weighted by atomic mass is 16.3. The van der Waals surface area contributed by atoms with E-state index in [1.54, 1.807) is 12.1 Å². The maximum atomic E-state index is 9.49. The standard InChI is InChI=1S/C12H14N2O2/c15-6-7-3-9-10-4-8(16)1-2-11(10)14-12(9)5-13-7/h1-2,4,7,13-16H,3,5-6H2. The number of phenols is 1. The number of hydrogen-bond acceptors (Lipinski definition) is 3. The number of phenolic OH excluding ortho intramolecular Hbond substituents is 1. The molecule has 2 heterocycles. The molecule has 16 heavy (non-hydrogen) atoms. The number of aliphatic hydroxyl groups excluding tert-OH is 1. The van der Waals surface area contributed by atoms with Gasteiger partial charge in [-0.2, -0.15) is 0 Å². The van der Waals surface area contributed by atoms with Crippen molar-refractivity contribution in [3.63, 3.8) is 0 Å². The molecule has 4 N–H and O–H groups in total. The average molecular weight is 218 g/mol. The Kier molecular flexibility index (Phi) is 2.12. The lowest BCUT2D eigenvalue weighted by Gasteiger charge is -2.22. The van der Waals surface area contributed by atoms with Crippen LogP contribution in [0, 0.1) is 0 Å². The molecule has 84 valence electrons. The van der Waals surface area contributed by atoms with Gasteiger partial charge >= 0.3 is 0 Å². The van der Waals surface area contributed by atoms with Gasteiger partial charge in [0, 0.05) is 29.2 Å². The summed E-state index contributed by atoms with van der Waals surface area (Å²) in [6, 6.07) is 5.47. The summed E-state index contributed by atoms with van der Waals surface area (Å²) in [6.45, 7) is 0.890. The van der Waals surface area contributed by atoms with Crippen molar-refractivity contribution in [1.29, 1.82) is 0 Å². The summed E-state index contributed by atoms with van der Waals surface area (Å²) in [5, 5.41) is 23.0. The Morgan fingerprint density at radius 3 is 3.06 bits per heavy atom. The first kappa shape index (κ1) is 9.69. The monoisotopic (exact) mass is 218 g/mol. The fraction of sp³-hybridized carbons (Fsp3) is 0.333. The lowest BCUT2D eigenvalue weighted by Crippen LogP contribution is -2.37. The lowest BCUT2D eigenvalue weighted by atomic mass is 9.99. The maximum absolute atomic E-state index is 9.49. The Balaban J connectivity index is 2.15. The van der Waals surface area contributed by atoms with E-state index in [4.69, 9.17) is 5.11 Å². The molecule has 1 atom stereocenters. The van der Waals surface area contributed by atoms with E-state index in [1.165, 1.54) is 5.56 Å². The van der Waals surface area contributed by atoms with Crippen LogP contribution in [0.25, 0.3) is 10.9 Å². The van der Waals surface area contributed by atoms with E-state index in [0.29, 0.717) is 0 Å². The minimum atomic E-state index is 0.119. The first-order chi connectivity index (χ1) is 7.78. The Morgan fingerprint density at radius 2 is 2.25 bits per heavy atom. The van der Waals surface area contributed by atoms with E-state index in [0.717, 1.165) is 29.6 Å². The summed E-state index contributed by atoms with van der Waals surface area (Å²) in [5.74, 6) is 0.286. The SMILES string of the molecule is OCC1Cc2c([nH]c3ccc(O)cc23)CN1. The molecule has 0 amide bonds. The Hall–Kier alpha value is -1.52. The van der Waals surface area contributed by atoms with Gasteiger partial charge in [-0.1, -0.05) is 0 Å². The largest absolute Gasteiger partial charge is 0.508 e. The molecule has 0 saturated carbocycles. The number of aromatic nitrogens is 1. The van der Waals surface area contributed by atoms with Gasteiger partial charge in [0.05, 0.1) is 6.61 Å². The third-order valence-electron chi connectivity index (χ3n) is 3.22. The van der Waals surface area contributed by atoms with Crippen LogP contribution in [0.1, 0.15) is 11.3 Å². The van der Waals surface area contributed by atoms with Crippen LogP contribution in [0.4, 0.5) is 0 Å². The van der Waals surface area contributed by atoms with Gasteiger partial charge in [0.2, 0.25) is 0 Å². The number of aliphatic hydroxyl groups is 1. The quantitative estimate of drug-likeness (QED) is 0.574. The molecule has 0 fully saturated rings. The van der Waals surface area contributed by atoms with Gasteiger partial charge in [-0.15, -0.1) is 0 Å². The summed E-state index contributed by atoms with van der Waals surface area (Å²) in [5.41, 5.74) is 3.41. The number of aromatic amines is 1. The maximum Gasteiger partial charge on any atom is 0.116 e. The van der Waals surface area contributed by atoms with Crippen LogP contribution >= 0.6 is 0 Å². The molecular weight excluding hydrogens is 204 g/mol. The third kappa shape index (κ3) is 1.38. The summed E-state index contributed by atoms with van der Waals surface area (Å²) >= 11 is 0. The van der Waals surface area contributed by atoms with Gasteiger partial charge in [-0.05, 0) is 30.2 Å². The van der Waals surface area contributed by atoms with Crippen LogP contribution in [-0.4, -0.2) is 27.8 Å². The molecule has 4 heteroatoms. The van der Waals surface area contributed by atoms with Crippen LogP contribution in [0.2, 0.25) is 0 Å². The van der Waals surface area contributed by atoms with Crippen LogP contribution < -0.4 is 5.32 Å². The smallest absolute Gasteiger partial charge is 0.116 e. The highest BCUT2D eigenvalue weighted by molar-refractivity contribution is 5.86. The second-order valence-electron chi connectivity index (χ2n) is 4.28. The number of hydrogen-bond donors (Lipinski definition) is 4. The van der Waals surface area contributed by atoms with Gasteiger partial charge in [-0.25, -0.2) is 0 Å². The minimum absolute atomic E-state index is 0.119. The summed E-state index contributed by atoms with van der Waals surface area (Å²) < 4.78 is 0. The normalized spacial score (nSPS) is 19.9. The molecule has 0 bridgehead atoms. The van der Waals surface area contributed by atoms with Gasteiger partial charge in [0.1, 0.15) is 5.75 Å². The van der Waals surface area contributed by atoms with E-state index in [1.807, 2.05) is 6.07 Å². The summed E-state index contributed by atoms with van der Waals surface area (Å²) in [7, 11) is 0.